The summed E-state index contributed by atoms with van der Waals surface area (Å²) in [5.74, 6) is -2.57. The lowest BCUT2D eigenvalue weighted by Crippen LogP contribution is -2.48. The molecule has 1 atom stereocenters. The second-order valence-corrected chi connectivity index (χ2v) is 6.70. The number of hydrogen-bond donors (Lipinski definition) is 1. The SMILES string of the molecule is O=C(NCC1CN(C2CC2)C(=O)O1)C1CCN(C(=O)C(F)(F)F)CC1. The van der Waals surface area contributed by atoms with E-state index < -0.39 is 24.1 Å². The highest BCUT2D eigenvalue weighted by Gasteiger charge is 2.44. The molecule has 1 aliphatic carbocycles. The van der Waals surface area contributed by atoms with Gasteiger partial charge in [-0.2, -0.15) is 13.2 Å². The predicted molar refractivity (Wildman–Crippen MR) is 78.4 cm³/mol. The van der Waals surface area contributed by atoms with Crippen molar-refractivity contribution in [2.24, 2.45) is 5.92 Å². The van der Waals surface area contributed by atoms with Crippen LogP contribution < -0.4 is 5.32 Å². The molecule has 0 bridgehead atoms. The Balaban J connectivity index is 1.40. The van der Waals surface area contributed by atoms with Gasteiger partial charge in [0.25, 0.3) is 0 Å². The van der Waals surface area contributed by atoms with E-state index in [0.717, 1.165) is 17.7 Å². The number of alkyl halides is 3. The molecule has 0 aromatic rings. The molecule has 10 heteroatoms. The molecule has 3 amide bonds. The van der Waals surface area contributed by atoms with Crippen LogP contribution in [-0.4, -0.2) is 72.2 Å². The van der Waals surface area contributed by atoms with Crippen molar-refractivity contribution in [3.05, 3.63) is 0 Å². The summed E-state index contributed by atoms with van der Waals surface area (Å²) in [5.41, 5.74) is 0. The number of cyclic esters (lactones) is 1. The Labute approximate surface area is 142 Å². The zero-order valence-electron chi connectivity index (χ0n) is 13.6. The van der Waals surface area contributed by atoms with Crippen molar-refractivity contribution in [1.29, 1.82) is 0 Å². The highest BCUT2D eigenvalue weighted by Crippen LogP contribution is 2.30. The first kappa shape index (κ1) is 17.8. The predicted octanol–water partition coefficient (Wildman–Crippen LogP) is 0.887. The molecule has 25 heavy (non-hydrogen) atoms. The Morgan fingerprint density at radius 1 is 1.16 bits per heavy atom. The number of carbonyl (C=O) groups excluding carboxylic acids is 3. The molecule has 1 saturated carbocycles. The van der Waals surface area contributed by atoms with Crippen molar-refractivity contribution in [2.45, 2.75) is 44.0 Å². The largest absolute Gasteiger partial charge is 0.471 e. The van der Waals surface area contributed by atoms with E-state index >= 15 is 0 Å². The maximum atomic E-state index is 12.4. The molecule has 0 aromatic carbocycles. The van der Waals surface area contributed by atoms with Crippen LogP contribution in [0.2, 0.25) is 0 Å². The van der Waals surface area contributed by atoms with Crippen molar-refractivity contribution >= 4 is 17.9 Å². The summed E-state index contributed by atoms with van der Waals surface area (Å²) in [6, 6.07) is 0.253. The number of nitrogens with zero attached hydrogens (tertiary/aromatic N) is 2. The van der Waals surface area contributed by atoms with Crippen LogP contribution >= 0.6 is 0 Å². The maximum absolute atomic E-state index is 12.4. The smallest absolute Gasteiger partial charge is 0.442 e. The van der Waals surface area contributed by atoms with Crippen LogP contribution in [0.4, 0.5) is 18.0 Å². The van der Waals surface area contributed by atoms with Crippen LogP contribution in [-0.2, 0) is 14.3 Å². The minimum absolute atomic E-state index is 0.0930. The first-order valence-corrected chi connectivity index (χ1v) is 8.36. The Morgan fingerprint density at radius 2 is 1.80 bits per heavy atom. The van der Waals surface area contributed by atoms with Gasteiger partial charge in [0, 0.05) is 25.0 Å². The van der Waals surface area contributed by atoms with E-state index in [2.05, 4.69) is 5.32 Å². The van der Waals surface area contributed by atoms with Crippen LogP contribution in [0.15, 0.2) is 0 Å². The van der Waals surface area contributed by atoms with Gasteiger partial charge in [0.2, 0.25) is 5.91 Å². The first-order valence-electron chi connectivity index (χ1n) is 8.36. The van der Waals surface area contributed by atoms with Gasteiger partial charge in [0.05, 0.1) is 13.1 Å². The van der Waals surface area contributed by atoms with Crippen LogP contribution in [0.1, 0.15) is 25.7 Å². The van der Waals surface area contributed by atoms with Crippen LogP contribution in [0.3, 0.4) is 0 Å². The van der Waals surface area contributed by atoms with Crippen molar-refractivity contribution in [3.8, 4) is 0 Å². The topological polar surface area (TPSA) is 79.0 Å². The third-order valence-electron chi connectivity index (χ3n) is 4.79. The maximum Gasteiger partial charge on any atom is 0.471 e. The zero-order chi connectivity index (χ0) is 18.2. The first-order chi connectivity index (χ1) is 11.8. The second-order valence-electron chi connectivity index (χ2n) is 6.70. The molecule has 7 nitrogen and oxygen atoms in total. The van der Waals surface area contributed by atoms with E-state index in [-0.39, 0.29) is 50.5 Å². The third-order valence-corrected chi connectivity index (χ3v) is 4.79. The number of hydrogen-bond acceptors (Lipinski definition) is 4. The van der Waals surface area contributed by atoms with E-state index in [1.54, 1.807) is 4.90 Å². The van der Waals surface area contributed by atoms with Crippen molar-refractivity contribution in [3.63, 3.8) is 0 Å². The highest BCUT2D eigenvalue weighted by molar-refractivity contribution is 5.83. The number of nitrogens with one attached hydrogen (secondary N) is 1. The second kappa shape index (κ2) is 6.72. The zero-order valence-corrected chi connectivity index (χ0v) is 13.6. The summed E-state index contributed by atoms with van der Waals surface area (Å²) < 4.78 is 42.4. The van der Waals surface area contributed by atoms with Crippen LogP contribution in [0, 0.1) is 5.92 Å². The normalized spacial score (nSPS) is 25.1. The molecular formula is C15H20F3N3O4. The van der Waals surface area contributed by atoms with E-state index in [0.29, 0.717) is 6.54 Å². The summed E-state index contributed by atoms with van der Waals surface area (Å²) in [4.78, 5) is 37.4. The van der Waals surface area contributed by atoms with Crippen molar-refractivity contribution < 1.29 is 32.3 Å². The summed E-state index contributed by atoms with van der Waals surface area (Å²) in [6.45, 7) is 0.451. The van der Waals surface area contributed by atoms with Crippen LogP contribution in [0.5, 0.6) is 0 Å². The number of halogens is 3. The lowest BCUT2D eigenvalue weighted by molar-refractivity contribution is -0.186. The molecule has 3 rings (SSSR count). The van der Waals surface area contributed by atoms with E-state index in [9.17, 15) is 27.6 Å². The Hall–Kier alpha value is -2.00. The molecule has 0 radical (unpaired) electrons. The minimum atomic E-state index is -4.88. The summed E-state index contributed by atoms with van der Waals surface area (Å²) in [6.07, 6.45) is -3.31. The summed E-state index contributed by atoms with van der Waals surface area (Å²) >= 11 is 0. The average molecular weight is 363 g/mol. The molecule has 1 N–H and O–H groups in total. The number of likely N-dealkylation sites (tertiary alicyclic amines) is 1. The van der Waals surface area contributed by atoms with Gasteiger partial charge >= 0.3 is 18.2 Å². The molecule has 2 saturated heterocycles. The molecular weight excluding hydrogens is 343 g/mol. The fourth-order valence-corrected chi connectivity index (χ4v) is 3.21. The molecule has 1 unspecified atom stereocenters. The molecule has 140 valence electrons. The number of rotatable bonds is 4. The molecule has 0 spiro atoms. The Kier molecular flexibility index (Phi) is 4.79. The lowest BCUT2D eigenvalue weighted by Gasteiger charge is -2.31. The number of ether oxygens (including phenoxy) is 1. The highest BCUT2D eigenvalue weighted by atomic mass is 19.4. The molecule has 0 aromatic heterocycles. The van der Waals surface area contributed by atoms with Gasteiger partial charge in [-0.15, -0.1) is 0 Å². The number of carbonyl (C=O) groups is 3. The number of piperidine rings is 1. The van der Waals surface area contributed by atoms with Gasteiger partial charge in [-0.1, -0.05) is 0 Å². The molecule has 2 heterocycles. The van der Waals surface area contributed by atoms with Gasteiger partial charge in [-0.3, -0.25) is 9.59 Å². The lowest BCUT2D eigenvalue weighted by atomic mass is 9.95. The van der Waals surface area contributed by atoms with Gasteiger partial charge in [-0.05, 0) is 25.7 Å². The van der Waals surface area contributed by atoms with Gasteiger partial charge < -0.3 is 19.9 Å². The summed E-state index contributed by atoms with van der Waals surface area (Å²) in [5, 5.41) is 2.70. The standard InChI is InChI=1S/C15H20F3N3O4/c16-15(17,18)13(23)20-5-3-9(4-6-20)12(22)19-7-11-8-21(10-1-2-10)14(24)25-11/h9-11H,1-8H2,(H,19,22). The van der Waals surface area contributed by atoms with Crippen molar-refractivity contribution in [2.75, 3.05) is 26.2 Å². The van der Waals surface area contributed by atoms with Gasteiger partial charge in [-0.25, -0.2) is 4.79 Å². The van der Waals surface area contributed by atoms with E-state index in [1.807, 2.05) is 0 Å². The Morgan fingerprint density at radius 3 is 2.36 bits per heavy atom. The van der Waals surface area contributed by atoms with Gasteiger partial charge in [0.1, 0.15) is 6.10 Å². The summed E-state index contributed by atoms with van der Waals surface area (Å²) in [7, 11) is 0. The minimum Gasteiger partial charge on any atom is -0.442 e. The Bertz CT molecular complexity index is 557. The van der Waals surface area contributed by atoms with Crippen LogP contribution in [0.25, 0.3) is 0 Å². The average Bonchev–Trinajstić information content (AvgIpc) is 3.34. The molecule has 3 aliphatic rings. The van der Waals surface area contributed by atoms with E-state index in [4.69, 9.17) is 4.74 Å². The molecule has 2 aliphatic heterocycles. The fraction of sp³-hybridized carbons (Fsp3) is 0.800. The number of amides is 3. The fourth-order valence-electron chi connectivity index (χ4n) is 3.21. The van der Waals surface area contributed by atoms with Gasteiger partial charge in [0.15, 0.2) is 0 Å². The monoisotopic (exact) mass is 363 g/mol. The molecule has 3 fully saturated rings. The quantitative estimate of drug-likeness (QED) is 0.805. The van der Waals surface area contributed by atoms with E-state index in [1.165, 1.54) is 0 Å². The third kappa shape index (κ3) is 4.16. The van der Waals surface area contributed by atoms with Crippen molar-refractivity contribution in [1.82, 2.24) is 15.1 Å².